The molecule has 6 nitrogen and oxygen atoms in total. The predicted octanol–water partition coefficient (Wildman–Crippen LogP) is 2.15. The van der Waals surface area contributed by atoms with Crippen molar-refractivity contribution in [3.8, 4) is 5.75 Å². The van der Waals surface area contributed by atoms with Gasteiger partial charge in [-0.15, -0.1) is 0 Å². The number of benzene rings is 1. The maximum Gasteiger partial charge on any atom is 0.318 e. The van der Waals surface area contributed by atoms with Crippen molar-refractivity contribution < 1.29 is 23.1 Å². The Hall–Kier alpha value is -1.31. The van der Waals surface area contributed by atoms with Crippen molar-refractivity contribution in [3.63, 3.8) is 0 Å². The van der Waals surface area contributed by atoms with Crippen LogP contribution in [0.25, 0.3) is 0 Å². The lowest BCUT2D eigenvalue weighted by atomic mass is 10.1. The third-order valence-corrected chi connectivity index (χ3v) is 5.67. The number of carbonyl (C=O) groups is 1. The van der Waals surface area contributed by atoms with Gasteiger partial charge in [0.15, 0.2) is 0 Å². The van der Waals surface area contributed by atoms with Crippen LogP contribution in [0, 0.1) is 0 Å². The van der Waals surface area contributed by atoms with Gasteiger partial charge in [-0.05, 0) is 32.9 Å². The highest BCUT2D eigenvalue weighted by Gasteiger charge is 2.32. The van der Waals surface area contributed by atoms with Crippen molar-refractivity contribution in [1.29, 1.82) is 0 Å². The van der Waals surface area contributed by atoms with Crippen LogP contribution in [0.4, 0.5) is 0 Å². The molecule has 1 unspecified atom stereocenters. The minimum Gasteiger partial charge on any atom is -0.489 e. The van der Waals surface area contributed by atoms with Gasteiger partial charge in [0, 0.05) is 18.0 Å². The highest BCUT2D eigenvalue weighted by molar-refractivity contribution is 7.89. The summed E-state index contributed by atoms with van der Waals surface area (Å²) < 4.78 is 31.9. The number of rotatable bonds is 5. The molecule has 0 amide bonds. The van der Waals surface area contributed by atoms with Crippen molar-refractivity contribution in [2.75, 3.05) is 6.54 Å². The standard InChI is InChI=1S/C14H18ClNO5S/c1-8(2)16(7-13(17)18)22(19,20)11-5-10-4-9(3)21-14(10)12(15)6-11/h5-6,8-9H,4,7H2,1-3H3,(H,17,18). The van der Waals surface area contributed by atoms with Gasteiger partial charge < -0.3 is 9.84 Å². The monoisotopic (exact) mass is 347 g/mol. The number of sulfonamides is 1. The Morgan fingerprint density at radius 1 is 1.50 bits per heavy atom. The van der Waals surface area contributed by atoms with Gasteiger partial charge >= 0.3 is 5.97 Å². The molecule has 1 aromatic carbocycles. The van der Waals surface area contributed by atoms with Gasteiger partial charge in [0.25, 0.3) is 0 Å². The molecule has 1 N–H and O–H groups in total. The van der Waals surface area contributed by atoms with Gasteiger partial charge in [-0.25, -0.2) is 8.42 Å². The Balaban J connectivity index is 2.48. The molecule has 0 bridgehead atoms. The molecule has 22 heavy (non-hydrogen) atoms. The van der Waals surface area contributed by atoms with E-state index in [4.69, 9.17) is 21.4 Å². The molecule has 1 heterocycles. The highest BCUT2D eigenvalue weighted by Crippen LogP contribution is 2.38. The number of hydrogen-bond donors (Lipinski definition) is 1. The topological polar surface area (TPSA) is 83.9 Å². The predicted molar refractivity (Wildman–Crippen MR) is 81.9 cm³/mol. The van der Waals surface area contributed by atoms with Crippen LogP contribution in [-0.2, 0) is 21.2 Å². The lowest BCUT2D eigenvalue weighted by Crippen LogP contribution is -2.40. The van der Waals surface area contributed by atoms with E-state index in [0.717, 1.165) is 9.87 Å². The molecule has 0 fully saturated rings. The van der Waals surface area contributed by atoms with Crippen LogP contribution in [0.3, 0.4) is 0 Å². The maximum absolute atomic E-state index is 12.7. The minimum atomic E-state index is -3.94. The molecule has 0 radical (unpaired) electrons. The molecule has 0 spiro atoms. The van der Waals surface area contributed by atoms with E-state index in [1.165, 1.54) is 12.1 Å². The smallest absolute Gasteiger partial charge is 0.318 e. The molecular weight excluding hydrogens is 330 g/mol. The molecule has 2 rings (SSSR count). The van der Waals surface area contributed by atoms with Crippen molar-refractivity contribution in [3.05, 3.63) is 22.7 Å². The van der Waals surface area contributed by atoms with Gasteiger partial charge in [-0.3, -0.25) is 4.79 Å². The molecule has 0 aromatic heterocycles. The summed E-state index contributed by atoms with van der Waals surface area (Å²) in [6, 6.07) is 2.34. The highest BCUT2D eigenvalue weighted by atomic mass is 35.5. The number of fused-ring (bicyclic) bond motifs is 1. The third-order valence-electron chi connectivity index (χ3n) is 3.39. The zero-order chi connectivity index (χ0) is 16.7. The normalized spacial score (nSPS) is 17.6. The van der Waals surface area contributed by atoms with Crippen molar-refractivity contribution in [1.82, 2.24) is 4.31 Å². The van der Waals surface area contributed by atoms with E-state index in [-0.39, 0.29) is 16.0 Å². The van der Waals surface area contributed by atoms with E-state index < -0.39 is 28.6 Å². The van der Waals surface area contributed by atoms with Gasteiger partial charge in [0.2, 0.25) is 10.0 Å². The summed E-state index contributed by atoms with van der Waals surface area (Å²) in [5, 5.41) is 9.16. The molecule has 0 saturated heterocycles. The van der Waals surface area contributed by atoms with E-state index in [1.54, 1.807) is 13.8 Å². The summed E-state index contributed by atoms with van der Waals surface area (Å²) >= 11 is 6.11. The Morgan fingerprint density at radius 2 is 2.14 bits per heavy atom. The fraction of sp³-hybridized carbons (Fsp3) is 0.500. The van der Waals surface area contributed by atoms with Crippen LogP contribution in [0.2, 0.25) is 5.02 Å². The fourth-order valence-electron chi connectivity index (χ4n) is 2.42. The first-order valence-electron chi connectivity index (χ1n) is 6.85. The zero-order valence-corrected chi connectivity index (χ0v) is 14.1. The van der Waals surface area contributed by atoms with E-state index in [1.807, 2.05) is 6.92 Å². The Bertz CT molecular complexity index is 701. The molecule has 0 saturated carbocycles. The summed E-state index contributed by atoms with van der Waals surface area (Å²) in [5.74, 6) is -0.705. The first-order valence-corrected chi connectivity index (χ1v) is 8.67. The second-order valence-corrected chi connectivity index (χ2v) is 7.86. The van der Waals surface area contributed by atoms with E-state index in [9.17, 15) is 13.2 Å². The molecule has 8 heteroatoms. The number of halogens is 1. The van der Waals surface area contributed by atoms with Gasteiger partial charge in [0.1, 0.15) is 18.4 Å². The number of aliphatic carboxylic acids is 1. The molecule has 1 aliphatic heterocycles. The fourth-order valence-corrected chi connectivity index (χ4v) is 4.43. The maximum atomic E-state index is 12.7. The van der Waals surface area contributed by atoms with Crippen LogP contribution in [0.1, 0.15) is 26.3 Å². The summed E-state index contributed by atoms with van der Waals surface area (Å²) in [4.78, 5) is 10.9. The van der Waals surface area contributed by atoms with E-state index in [0.29, 0.717) is 12.2 Å². The second kappa shape index (κ2) is 6.06. The van der Waals surface area contributed by atoms with Crippen molar-refractivity contribution in [2.45, 2.75) is 44.2 Å². The Morgan fingerprint density at radius 3 is 2.68 bits per heavy atom. The molecule has 122 valence electrons. The minimum absolute atomic E-state index is 0.0103. The number of hydrogen-bond acceptors (Lipinski definition) is 4. The number of nitrogens with zero attached hydrogens (tertiary/aromatic N) is 1. The zero-order valence-electron chi connectivity index (χ0n) is 12.5. The average Bonchev–Trinajstić information content (AvgIpc) is 2.76. The lowest BCUT2D eigenvalue weighted by Gasteiger charge is -2.24. The first kappa shape index (κ1) is 17.1. The van der Waals surface area contributed by atoms with Crippen LogP contribution in [-0.4, -0.2) is 42.5 Å². The summed E-state index contributed by atoms with van der Waals surface area (Å²) in [6.45, 7) is 4.53. The van der Waals surface area contributed by atoms with Crippen LogP contribution in [0.5, 0.6) is 5.75 Å². The van der Waals surface area contributed by atoms with Gasteiger partial charge in [0.05, 0.1) is 9.92 Å². The van der Waals surface area contributed by atoms with Crippen molar-refractivity contribution in [2.24, 2.45) is 0 Å². The quantitative estimate of drug-likeness (QED) is 0.882. The van der Waals surface area contributed by atoms with E-state index in [2.05, 4.69) is 0 Å². The summed E-state index contributed by atoms with van der Waals surface area (Å²) in [7, 11) is -3.94. The molecule has 1 aromatic rings. The molecule has 0 aliphatic carbocycles. The molecule has 1 atom stereocenters. The van der Waals surface area contributed by atoms with Gasteiger partial charge in [-0.1, -0.05) is 11.6 Å². The van der Waals surface area contributed by atoms with Crippen LogP contribution < -0.4 is 4.74 Å². The van der Waals surface area contributed by atoms with Crippen LogP contribution >= 0.6 is 11.6 Å². The van der Waals surface area contributed by atoms with Crippen LogP contribution in [0.15, 0.2) is 17.0 Å². The SMILES string of the molecule is CC1Cc2cc(S(=O)(=O)N(CC(=O)O)C(C)C)cc(Cl)c2O1. The number of ether oxygens (including phenoxy) is 1. The molecule has 1 aliphatic rings. The second-order valence-electron chi connectivity index (χ2n) is 5.56. The number of carboxylic acid groups (broad SMARTS) is 1. The number of carboxylic acids is 1. The van der Waals surface area contributed by atoms with Gasteiger partial charge in [-0.2, -0.15) is 4.31 Å². The largest absolute Gasteiger partial charge is 0.489 e. The molecular formula is C14H18ClNO5S. The Labute approximate surface area is 134 Å². The summed E-state index contributed by atoms with van der Waals surface area (Å²) in [6.07, 6.45) is 0.504. The third kappa shape index (κ3) is 3.21. The Kier molecular flexibility index (Phi) is 4.70. The van der Waals surface area contributed by atoms with E-state index >= 15 is 0 Å². The van der Waals surface area contributed by atoms with Crippen molar-refractivity contribution >= 4 is 27.6 Å². The average molecular weight is 348 g/mol. The lowest BCUT2D eigenvalue weighted by molar-refractivity contribution is -0.137. The summed E-state index contributed by atoms with van der Waals surface area (Å²) in [5.41, 5.74) is 0.720. The first-order chi connectivity index (χ1) is 10.1.